The van der Waals surface area contributed by atoms with Crippen molar-refractivity contribution in [1.29, 1.82) is 0 Å². The molecule has 22 heavy (non-hydrogen) atoms. The van der Waals surface area contributed by atoms with Gasteiger partial charge in [0.2, 0.25) is 0 Å². The molecule has 5 heteroatoms. The van der Waals surface area contributed by atoms with E-state index in [2.05, 4.69) is 19.1 Å². The Balaban J connectivity index is 2.03. The zero-order valence-corrected chi connectivity index (χ0v) is 13.7. The maximum atomic E-state index is 9.75. The summed E-state index contributed by atoms with van der Waals surface area (Å²) in [7, 11) is 0. The summed E-state index contributed by atoms with van der Waals surface area (Å²) in [5.41, 5.74) is 0. The highest BCUT2D eigenvalue weighted by molar-refractivity contribution is 4.88. The number of unbranched alkanes of at least 4 members (excludes halogenated alkanes) is 5. The van der Waals surface area contributed by atoms with Crippen molar-refractivity contribution in [3.8, 4) is 0 Å². The van der Waals surface area contributed by atoms with E-state index in [-0.39, 0.29) is 13.2 Å². The van der Waals surface area contributed by atoms with Gasteiger partial charge in [-0.05, 0) is 25.7 Å². The Labute approximate surface area is 133 Å². The minimum Gasteiger partial charge on any atom is -0.394 e. The summed E-state index contributed by atoms with van der Waals surface area (Å²) in [5, 5.41) is 28.5. The van der Waals surface area contributed by atoms with Gasteiger partial charge in [0.15, 0.2) is 0 Å². The first-order valence-electron chi connectivity index (χ1n) is 8.55. The zero-order valence-electron chi connectivity index (χ0n) is 13.7. The minimum absolute atomic E-state index is 0.0945. The highest BCUT2D eigenvalue weighted by Gasteiger charge is 2.40. The van der Waals surface area contributed by atoms with Crippen molar-refractivity contribution in [1.82, 2.24) is 0 Å². The van der Waals surface area contributed by atoms with Crippen molar-refractivity contribution < 1.29 is 24.8 Å². The SMILES string of the molecule is CCC/C=C/CCCCCCO[C@H](CO)[C@@H]1OC[C@H](O)[C@@H]1O. The monoisotopic (exact) mass is 316 g/mol. The lowest BCUT2D eigenvalue weighted by molar-refractivity contribution is -0.101. The molecule has 0 bridgehead atoms. The fraction of sp³-hybridized carbons (Fsp3) is 0.882. The molecule has 0 aliphatic carbocycles. The quantitative estimate of drug-likeness (QED) is 0.378. The molecule has 1 rings (SSSR count). The first-order chi connectivity index (χ1) is 10.7. The van der Waals surface area contributed by atoms with Gasteiger partial charge in [0, 0.05) is 6.61 Å². The van der Waals surface area contributed by atoms with E-state index in [0.717, 1.165) is 19.3 Å². The molecule has 3 N–H and O–H groups in total. The molecule has 4 atom stereocenters. The number of aliphatic hydroxyl groups excluding tert-OH is 3. The first-order valence-corrected chi connectivity index (χ1v) is 8.55. The van der Waals surface area contributed by atoms with Crippen LogP contribution in [0.15, 0.2) is 12.2 Å². The van der Waals surface area contributed by atoms with Crippen molar-refractivity contribution in [2.24, 2.45) is 0 Å². The molecular weight excluding hydrogens is 284 g/mol. The third kappa shape index (κ3) is 7.20. The summed E-state index contributed by atoms with van der Waals surface area (Å²) in [4.78, 5) is 0. The largest absolute Gasteiger partial charge is 0.394 e. The van der Waals surface area contributed by atoms with Crippen molar-refractivity contribution in [2.75, 3.05) is 19.8 Å². The van der Waals surface area contributed by atoms with Crippen LogP contribution in [-0.4, -0.2) is 59.6 Å². The molecule has 1 aliphatic heterocycles. The Morgan fingerprint density at radius 1 is 1.14 bits per heavy atom. The van der Waals surface area contributed by atoms with Gasteiger partial charge in [-0.2, -0.15) is 0 Å². The standard InChI is InChI=1S/C17H32O5/c1-2-3-4-5-6-7-8-9-10-11-21-15(12-18)17-16(20)14(19)13-22-17/h4-5,14-20H,2-3,6-13H2,1H3/b5-4+/t14-,15+,16-,17-/m0/s1. The zero-order chi connectivity index (χ0) is 16.2. The minimum atomic E-state index is -0.980. The van der Waals surface area contributed by atoms with Crippen LogP contribution in [0.2, 0.25) is 0 Å². The second kappa shape index (κ2) is 12.0. The highest BCUT2D eigenvalue weighted by atomic mass is 16.6. The Kier molecular flexibility index (Phi) is 10.7. The summed E-state index contributed by atoms with van der Waals surface area (Å²) in [5.74, 6) is 0. The second-order valence-corrected chi connectivity index (χ2v) is 5.91. The molecule has 0 amide bonds. The molecule has 1 aliphatic rings. The van der Waals surface area contributed by atoms with E-state index in [1.54, 1.807) is 0 Å². The molecule has 1 heterocycles. The Morgan fingerprint density at radius 3 is 2.50 bits per heavy atom. The van der Waals surface area contributed by atoms with E-state index >= 15 is 0 Å². The molecule has 1 fully saturated rings. The first kappa shape index (κ1) is 19.6. The third-order valence-electron chi connectivity index (χ3n) is 3.96. The molecule has 0 saturated carbocycles. The number of aliphatic hydroxyl groups is 3. The Bertz CT molecular complexity index is 295. The van der Waals surface area contributed by atoms with Gasteiger partial charge in [0.25, 0.3) is 0 Å². The summed E-state index contributed by atoms with van der Waals surface area (Å²) in [6, 6.07) is 0. The van der Waals surface area contributed by atoms with Gasteiger partial charge in [0.1, 0.15) is 24.4 Å². The van der Waals surface area contributed by atoms with Crippen LogP contribution in [0.1, 0.15) is 51.9 Å². The van der Waals surface area contributed by atoms with Crippen molar-refractivity contribution in [3.63, 3.8) is 0 Å². The van der Waals surface area contributed by atoms with E-state index in [1.165, 1.54) is 25.7 Å². The van der Waals surface area contributed by atoms with Crippen LogP contribution in [0.4, 0.5) is 0 Å². The highest BCUT2D eigenvalue weighted by Crippen LogP contribution is 2.19. The molecule has 0 radical (unpaired) electrons. The predicted molar refractivity (Wildman–Crippen MR) is 85.7 cm³/mol. The van der Waals surface area contributed by atoms with E-state index in [1.807, 2.05) is 0 Å². The van der Waals surface area contributed by atoms with Gasteiger partial charge in [-0.1, -0.05) is 38.3 Å². The normalized spacial score (nSPS) is 26.8. The van der Waals surface area contributed by atoms with E-state index in [9.17, 15) is 15.3 Å². The fourth-order valence-electron chi connectivity index (χ4n) is 2.56. The summed E-state index contributed by atoms with van der Waals surface area (Å²) in [6.07, 6.45) is 9.34. The van der Waals surface area contributed by atoms with Crippen LogP contribution in [0.3, 0.4) is 0 Å². The second-order valence-electron chi connectivity index (χ2n) is 5.91. The summed E-state index contributed by atoms with van der Waals surface area (Å²) in [6.45, 7) is 2.60. The van der Waals surface area contributed by atoms with E-state index < -0.39 is 24.4 Å². The number of hydrogen-bond donors (Lipinski definition) is 3. The van der Waals surface area contributed by atoms with Crippen LogP contribution in [-0.2, 0) is 9.47 Å². The Hall–Kier alpha value is -0.460. The van der Waals surface area contributed by atoms with Crippen molar-refractivity contribution >= 4 is 0 Å². The predicted octanol–water partition coefficient (Wildman–Crippen LogP) is 1.79. The molecule has 0 aromatic carbocycles. The molecule has 0 spiro atoms. The van der Waals surface area contributed by atoms with Gasteiger partial charge in [-0.25, -0.2) is 0 Å². The lowest BCUT2D eigenvalue weighted by Gasteiger charge is -2.24. The number of hydrogen-bond acceptors (Lipinski definition) is 5. The van der Waals surface area contributed by atoms with Crippen LogP contribution in [0, 0.1) is 0 Å². The third-order valence-corrected chi connectivity index (χ3v) is 3.96. The molecular formula is C17H32O5. The Morgan fingerprint density at radius 2 is 1.86 bits per heavy atom. The summed E-state index contributed by atoms with van der Waals surface area (Å²) < 4.78 is 10.9. The maximum Gasteiger partial charge on any atom is 0.114 e. The molecule has 0 aromatic heterocycles. The van der Waals surface area contributed by atoms with E-state index in [4.69, 9.17) is 9.47 Å². The topological polar surface area (TPSA) is 79.2 Å². The van der Waals surface area contributed by atoms with Crippen LogP contribution >= 0.6 is 0 Å². The van der Waals surface area contributed by atoms with Gasteiger partial charge in [0.05, 0.1) is 13.2 Å². The smallest absolute Gasteiger partial charge is 0.114 e. The van der Waals surface area contributed by atoms with Gasteiger partial charge in [-0.15, -0.1) is 0 Å². The van der Waals surface area contributed by atoms with Gasteiger partial charge in [-0.3, -0.25) is 0 Å². The lowest BCUT2D eigenvalue weighted by Crippen LogP contribution is -2.42. The van der Waals surface area contributed by atoms with E-state index in [0.29, 0.717) is 6.61 Å². The van der Waals surface area contributed by atoms with Crippen molar-refractivity contribution in [2.45, 2.75) is 76.3 Å². The molecule has 130 valence electrons. The molecule has 0 unspecified atom stereocenters. The number of allylic oxidation sites excluding steroid dienone is 2. The van der Waals surface area contributed by atoms with Crippen molar-refractivity contribution in [3.05, 3.63) is 12.2 Å². The maximum absolute atomic E-state index is 9.75. The summed E-state index contributed by atoms with van der Waals surface area (Å²) >= 11 is 0. The van der Waals surface area contributed by atoms with Crippen LogP contribution in [0.25, 0.3) is 0 Å². The van der Waals surface area contributed by atoms with Crippen LogP contribution in [0.5, 0.6) is 0 Å². The number of rotatable bonds is 12. The lowest BCUT2D eigenvalue weighted by atomic mass is 10.1. The average Bonchev–Trinajstić information content (AvgIpc) is 2.85. The molecule has 0 aromatic rings. The molecule has 1 saturated heterocycles. The molecule has 5 nitrogen and oxygen atoms in total. The van der Waals surface area contributed by atoms with Gasteiger partial charge >= 0.3 is 0 Å². The number of ether oxygens (including phenoxy) is 2. The van der Waals surface area contributed by atoms with Gasteiger partial charge < -0.3 is 24.8 Å². The van der Waals surface area contributed by atoms with Crippen LogP contribution < -0.4 is 0 Å². The average molecular weight is 316 g/mol. The fourth-order valence-corrected chi connectivity index (χ4v) is 2.56.